The van der Waals surface area contributed by atoms with Gasteiger partial charge in [-0.1, -0.05) is 29.3 Å². The summed E-state index contributed by atoms with van der Waals surface area (Å²) in [5.74, 6) is 0.804. The molecule has 146 valence electrons. The molecular formula is C20H16Cl2F3N3. The van der Waals surface area contributed by atoms with Crippen LogP contribution in [0.2, 0.25) is 10.0 Å². The SMILES string of the molecule is FC(F)(F)c1cc(-c2nn(-c3ccc(Cl)cc3)c3c2CCCCN3)ccc1Cl. The summed E-state index contributed by atoms with van der Waals surface area (Å²) in [5.41, 5.74) is 1.75. The van der Waals surface area contributed by atoms with Gasteiger partial charge in [-0.2, -0.15) is 18.3 Å². The lowest BCUT2D eigenvalue weighted by molar-refractivity contribution is -0.137. The molecule has 0 saturated heterocycles. The molecule has 3 aromatic rings. The van der Waals surface area contributed by atoms with Gasteiger partial charge in [0, 0.05) is 22.7 Å². The van der Waals surface area contributed by atoms with Crippen molar-refractivity contribution in [3.63, 3.8) is 0 Å². The zero-order valence-electron chi connectivity index (χ0n) is 14.7. The van der Waals surface area contributed by atoms with Gasteiger partial charge in [-0.15, -0.1) is 0 Å². The van der Waals surface area contributed by atoms with Crippen molar-refractivity contribution in [3.05, 3.63) is 63.6 Å². The van der Waals surface area contributed by atoms with Gasteiger partial charge < -0.3 is 5.32 Å². The smallest absolute Gasteiger partial charge is 0.370 e. The molecule has 0 bridgehead atoms. The Morgan fingerprint density at radius 1 is 1.00 bits per heavy atom. The molecule has 4 rings (SSSR count). The third-order valence-corrected chi connectivity index (χ3v) is 5.33. The first-order valence-corrected chi connectivity index (χ1v) is 9.59. The second kappa shape index (κ2) is 7.33. The average Bonchev–Trinajstić information content (AvgIpc) is 2.84. The van der Waals surface area contributed by atoms with Crippen LogP contribution in [0.15, 0.2) is 42.5 Å². The van der Waals surface area contributed by atoms with Crippen LogP contribution in [0.1, 0.15) is 24.0 Å². The highest BCUT2D eigenvalue weighted by atomic mass is 35.5. The maximum absolute atomic E-state index is 13.3. The molecule has 0 aliphatic carbocycles. The Morgan fingerprint density at radius 2 is 1.75 bits per heavy atom. The van der Waals surface area contributed by atoms with Crippen LogP contribution in [-0.4, -0.2) is 16.3 Å². The van der Waals surface area contributed by atoms with E-state index in [9.17, 15) is 13.2 Å². The van der Waals surface area contributed by atoms with Gasteiger partial charge in [0.05, 0.1) is 22.0 Å². The summed E-state index contributed by atoms with van der Waals surface area (Å²) >= 11 is 11.8. The van der Waals surface area contributed by atoms with Gasteiger partial charge in [0.25, 0.3) is 0 Å². The van der Waals surface area contributed by atoms with Crippen molar-refractivity contribution >= 4 is 29.0 Å². The second-order valence-corrected chi connectivity index (χ2v) is 7.48. The van der Waals surface area contributed by atoms with Crippen LogP contribution in [0.4, 0.5) is 19.0 Å². The number of benzene rings is 2. The predicted molar refractivity (Wildman–Crippen MR) is 105 cm³/mol. The van der Waals surface area contributed by atoms with Crippen LogP contribution >= 0.6 is 23.2 Å². The number of aromatic nitrogens is 2. The number of anilines is 1. The zero-order valence-corrected chi connectivity index (χ0v) is 16.2. The third-order valence-electron chi connectivity index (χ3n) is 4.75. The number of nitrogens with zero attached hydrogens (tertiary/aromatic N) is 2. The average molecular weight is 426 g/mol. The molecule has 0 saturated carbocycles. The zero-order chi connectivity index (χ0) is 19.9. The number of hydrogen-bond acceptors (Lipinski definition) is 2. The maximum atomic E-state index is 13.3. The molecule has 1 N–H and O–H groups in total. The molecule has 1 aliphatic heterocycles. The Bertz CT molecular complexity index is 1010. The molecule has 3 nitrogen and oxygen atoms in total. The molecule has 1 aromatic heterocycles. The molecule has 1 aliphatic rings. The number of hydrogen-bond donors (Lipinski definition) is 1. The fourth-order valence-corrected chi connectivity index (χ4v) is 3.74. The van der Waals surface area contributed by atoms with Gasteiger partial charge in [0.1, 0.15) is 5.82 Å². The van der Waals surface area contributed by atoms with E-state index in [4.69, 9.17) is 23.2 Å². The fraction of sp³-hybridized carbons (Fsp3) is 0.250. The molecule has 0 unspecified atom stereocenters. The lowest BCUT2D eigenvalue weighted by atomic mass is 10.0. The van der Waals surface area contributed by atoms with E-state index in [0.717, 1.165) is 48.9 Å². The minimum Gasteiger partial charge on any atom is -0.370 e. The van der Waals surface area contributed by atoms with Crippen molar-refractivity contribution < 1.29 is 13.2 Å². The Morgan fingerprint density at radius 3 is 2.46 bits per heavy atom. The van der Waals surface area contributed by atoms with Crippen molar-refractivity contribution in [1.29, 1.82) is 0 Å². The Hall–Kier alpha value is -2.18. The first-order valence-electron chi connectivity index (χ1n) is 8.83. The van der Waals surface area contributed by atoms with Crippen LogP contribution in [-0.2, 0) is 12.6 Å². The lowest BCUT2D eigenvalue weighted by Crippen LogP contribution is -2.07. The summed E-state index contributed by atoms with van der Waals surface area (Å²) in [6, 6.07) is 11.1. The summed E-state index contributed by atoms with van der Waals surface area (Å²) in [7, 11) is 0. The predicted octanol–water partition coefficient (Wildman–Crippen LogP) is 6.61. The van der Waals surface area contributed by atoms with Crippen LogP contribution < -0.4 is 5.32 Å². The lowest BCUT2D eigenvalue weighted by Gasteiger charge is -2.10. The number of nitrogens with one attached hydrogen (secondary N) is 1. The van der Waals surface area contributed by atoms with E-state index < -0.39 is 11.7 Å². The van der Waals surface area contributed by atoms with Crippen molar-refractivity contribution in [1.82, 2.24) is 9.78 Å². The Balaban J connectivity index is 1.90. The van der Waals surface area contributed by atoms with Crippen LogP contribution in [0, 0.1) is 0 Å². The van der Waals surface area contributed by atoms with Gasteiger partial charge in [-0.25, -0.2) is 4.68 Å². The number of rotatable bonds is 2. The van der Waals surface area contributed by atoms with Crippen molar-refractivity contribution in [3.8, 4) is 16.9 Å². The van der Waals surface area contributed by atoms with E-state index in [1.165, 1.54) is 6.07 Å². The topological polar surface area (TPSA) is 29.9 Å². The van der Waals surface area contributed by atoms with Gasteiger partial charge in [-0.05, 0) is 55.7 Å². The van der Waals surface area contributed by atoms with E-state index in [-0.39, 0.29) is 5.02 Å². The summed E-state index contributed by atoms with van der Waals surface area (Å²) in [6.45, 7) is 0.778. The standard InChI is InChI=1S/C20H16Cl2F3N3/c21-13-5-7-14(8-6-13)28-19-15(3-1-2-10-26-19)18(27-28)12-4-9-17(22)16(11-12)20(23,24)25/h4-9,11,26H,1-3,10H2. The third kappa shape index (κ3) is 3.59. The Kier molecular flexibility index (Phi) is 5.02. The second-order valence-electron chi connectivity index (χ2n) is 6.64. The van der Waals surface area contributed by atoms with E-state index in [1.807, 2.05) is 12.1 Å². The van der Waals surface area contributed by atoms with Crippen LogP contribution in [0.25, 0.3) is 16.9 Å². The molecule has 8 heteroatoms. The maximum Gasteiger partial charge on any atom is 0.417 e. The largest absolute Gasteiger partial charge is 0.417 e. The first-order chi connectivity index (χ1) is 13.3. The van der Waals surface area contributed by atoms with Gasteiger partial charge in [0.15, 0.2) is 0 Å². The molecular weight excluding hydrogens is 410 g/mol. The van der Waals surface area contributed by atoms with E-state index in [0.29, 0.717) is 16.3 Å². The van der Waals surface area contributed by atoms with Gasteiger partial charge in [0.2, 0.25) is 0 Å². The van der Waals surface area contributed by atoms with Gasteiger partial charge >= 0.3 is 6.18 Å². The quantitative estimate of drug-likeness (QED) is 0.500. The van der Waals surface area contributed by atoms with E-state index in [2.05, 4.69) is 10.4 Å². The molecule has 0 spiro atoms. The molecule has 0 radical (unpaired) electrons. The first kappa shape index (κ1) is 19.2. The summed E-state index contributed by atoms with van der Waals surface area (Å²) in [5, 5.41) is 8.31. The summed E-state index contributed by atoms with van der Waals surface area (Å²) in [6.07, 6.45) is -1.89. The molecule has 0 amide bonds. The number of fused-ring (bicyclic) bond motifs is 1. The highest BCUT2D eigenvalue weighted by molar-refractivity contribution is 6.31. The highest BCUT2D eigenvalue weighted by Crippen LogP contribution is 2.39. The monoisotopic (exact) mass is 425 g/mol. The van der Waals surface area contributed by atoms with Gasteiger partial charge in [-0.3, -0.25) is 0 Å². The van der Waals surface area contributed by atoms with Crippen molar-refractivity contribution in [2.45, 2.75) is 25.4 Å². The fourth-order valence-electron chi connectivity index (χ4n) is 3.39. The summed E-state index contributed by atoms with van der Waals surface area (Å²) < 4.78 is 41.7. The van der Waals surface area contributed by atoms with Crippen molar-refractivity contribution in [2.75, 3.05) is 11.9 Å². The molecule has 0 atom stereocenters. The normalized spacial score (nSPS) is 14.3. The van der Waals surface area contributed by atoms with E-state index in [1.54, 1.807) is 22.9 Å². The molecule has 0 fully saturated rings. The minimum atomic E-state index is -4.53. The molecule has 28 heavy (non-hydrogen) atoms. The van der Waals surface area contributed by atoms with E-state index >= 15 is 0 Å². The van der Waals surface area contributed by atoms with Crippen molar-refractivity contribution in [2.24, 2.45) is 0 Å². The van der Waals surface area contributed by atoms with Crippen LogP contribution in [0.3, 0.4) is 0 Å². The number of alkyl halides is 3. The minimum absolute atomic E-state index is 0.322. The number of halogens is 5. The molecule has 2 heterocycles. The summed E-state index contributed by atoms with van der Waals surface area (Å²) in [4.78, 5) is 0. The van der Waals surface area contributed by atoms with Crippen LogP contribution in [0.5, 0.6) is 0 Å². The molecule has 2 aromatic carbocycles. The Labute approximate surface area is 170 Å². The highest BCUT2D eigenvalue weighted by Gasteiger charge is 2.34.